The number of pyridine rings is 1. The summed E-state index contributed by atoms with van der Waals surface area (Å²) in [5, 5.41) is 11.0. The van der Waals surface area contributed by atoms with Crippen molar-refractivity contribution >= 4 is 16.8 Å². The lowest BCUT2D eigenvalue weighted by Gasteiger charge is -2.12. The summed E-state index contributed by atoms with van der Waals surface area (Å²) in [4.78, 5) is 16.5. The SMILES string of the molecule is Cc1[nH]nc2cnc(C(=O)NCCC3CCc4ccccc43)cc12. The first-order valence-electron chi connectivity index (χ1n) is 8.39. The number of carbonyl (C=O) groups excluding carboxylic acids is 1. The van der Waals surface area contributed by atoms with Gasteiger partial charge in [0.2, 0.25) is 0 Å². The largest absolute Gasteiger partial charge is 0.351 e. The van der Waals surface area contributed by atoms with E-state index in [-0.39, 0.29) is 5.91 Å². The monoisotopic (exact) mass is 320 g/mol. The van der Waals surface area contributed by atoms with Gasteiger partial charge in [-0.25, -0.2) is 4.98 Å². The van der Waals surface area contributed by atoms with Crippen LogP contribution in [0.2, 0.25) is 0 Å². The van der Waals surface area contributed by atoms with Gasteiger partial charge in [0.25, 0.3) is 5.91 Å². The summed E-state index contributed by atoms with van der Waals surface area (Å²) in [7, 11) is 0. The van der Waals surface area contributed by atoms with Crippen molar-refractivity contribution in [3.8, 4) is 0 Å². The number of nitrogens with one attached hydrogen (secondary N) is 2. The Bertz CT molecular complexity index is 899. The number of hydrogen-bond donors (Lipinski definition) is 2. The minimum atomic E-state index is -0.121. The molecule has 1 atom stereocenters. The van der Waals surface area contributed by atoms with Crippen LogP contribution in [0.1, 0.15) is 46.1 Å². The summed E-state index contributed by atoms with van der Waals surface area (Å²) in [6.07, 6.45) is 4.93. The zero-order valence-electron chi connectivity index (χ0n) is 13.7. The topological polar surface area (TPSA) is 70.7 Å². The van der Waals surface area contributed by atoms with E-state index in [1.165, 1.54) is 17.5 Å². The molecule has 0 aliphatic heterocycles. The van der Waals surface area contributed by atoms with Crippen LogP contribution in [0.25, 0.3) is 10.9 Å². The van der Waals surface area contributed by atoms with Gasteiger partial charge in [-0.3, -0.25) is 9.89 Å². The molecule has 0 radical (unpaired) electrons. The fraction of sp³-hybridized carbons (Fsp3) is 0.316. The highest BCUT2D eigenvalue weighted by atomic mass is 16.1. The van der Waals surface area contributed by atoms with Crippen molar-refractivity contribution in [3.05, 3.63) is 59.0 Å². The van der Waals surface area contributed by atoms with Gasteiger partial charge in [0.05, 0.1) is 6.20 Å². The fourth-order valence-corrected chi connectivity index (χ4v) is 3.56. The van der Waals surface area contributed by atoms with Gasteiger partial charge in [0.15, 0.2) is 0 Å². The van der Waals surface area contributed by atoms with Gasteiger partial charge in [-0.05, 0) is 49.3 Å². The van der Waals surface area contributed by atoms with Crippen LogP contribution in [0.5, 0.6) is 0 Å². The Labute approximate surface area is 140 Å². The highest BCUT2D eigenvalue weighted by Gasteiger charge is 2.21. The quantitative estimate of drug-likeness (QED) is 0.776. The molecule has 1 aliphatic carbocycles. The number of aromatic nitrogens is 3. The molecule has 4 rings (SSSR count). The highest BCUT2D eigenvalue weighted by Crippen LogP contribution is 2.34. The Morgan fingerprint density at radius 2 is 2.25 bits per heavy atom. The number of aromatic amines is 1. The van der Waals surface area contributed by atoms with Crippen LogP contribution in [0.3, 0.4) is 0 Å². The number of aryl methyl sites for hydroxylation is 2. The lowest BCUT2D eigenvalue weighted by molar-refractivity contribution is 0.0947. The average molecular weight is 320 g/mol. The van der Waals surface area contributed by atoms with Crippen molar-refractivity contribution in [3.63, 3.8) is 0 Å². The molecular weight excluding hydrogens is 300 g/mol. The molecule has 5 nitrogen and oxygen atoms in total. The van der Waals surface area contributed by atoms with E-state index in [1.54, 1.807) is 12.3 Å². The maximum absolute atomic E-state index is 12.3. The number of hydrogen-bond acceptors (Lipinski definition) is 3. The minimum absolute atomic E-state index is 0.121. The summed E-state index contributed by atoms with van der Waals surface area (Å²) in [5.41, 5.74) is 5.08. The van der Waals surface area contributed by atoms with Gasteiger partial charge in [0, 0.05) is 17.6 Å². The molecule has 5 heteroatoms. The number of benzene rings is 1. The van der Waals surface area contributed by atoms with Crippen LogP contribution < -0.4 is 5.32 Å². The van der Waals surface area contributed by atoms with Gasteiger partial charge >= 0.3 is 0 Å². The summed E-state index contributed by atoms with van der Waals surface area (Å²) in [6, 6.07) is 10.4. The number of fused-ring (bicyclic) bond motifs is 2. The lowest BCUT2D eigenvalue weighted by atomic mass is 9.98. The maximum atomic E-state index is 12.3. The maximum Gasteiger partial charge on any atom is 0.269 e. The molecule has 0 saturated carbocycles. The van der Waals surface area contributed by atoms with Crippen LogP contribution in [0.15, 0.2) is 36.5 Å². The molecule has 0 bridgehead atoms. The molecule has 2 aromatic heterocycles. The van der Waals surface area contributed by atoms with Gasteiger partial charge in [-0.1, -0.05) is 24.3 Å². The van der Waals surface area contributed by atoms with Crippen LogP contribution >= 0.6 is 0 Å². The number of rotatable bonds is 4. The van der Waals surface area contributed by atoms with E-state index in [4.69, 9.17) is 0 Å². The van der Waals surface area contributed by atoms with Gasteiger partial charge in [0.1, 0.15) is 11.2 Å². The normalized spacial score (nSPS) is 16.3. The number of carbonyl (C=O) groups is 1. The Morgan fingerprint density at radius 3 is 3.17 bits per heavy atom. The summed E-state index contributed by atoms with van der Waals surface area (Å²) in [5.74, 6) is 0.428. The van der Waals surface area contributed by atoms with E-state index < -0.39 is 0 Å². The van der Waals surface area contributed by atoms with E-state index in [2.05, 4.69) is 44.8 Å². The van der Waals surface area contributed by atoms with E-state index in [1.807, 2.05) is 6.92 Å². The van der Waals surface area contributed by atoms with Crippen LogP contribution in [0.4, 0.5) is 0 Å². The summed E-state index contributed by atoms with van der Waals surface area (Å²) in [6.45, 7) is 2.61. The number of H-pyrrole nitrogens is 1. The Kier molecular flexibility index (Phi) is 3.76. The van der Waals surface area contributed by atoms with Crippen LogP contribution in [-0.2, 0) is 6.42 Å². The number of nitrogens with zero attached hydrogens (tertiary/aromatic N) is 2. The predicted octanol–water partition coefficient (Wildman–Crippen LogP) is 3.12. The zero-order chi connectivity index (χ0) is 16.5. The average Bonchev–Trinajstić information content (AvgIpc) is 3.19. The van der Waals surface area contributed by atoms with Crippen molar-refractivity contribution in [2.75, 3.05) is 6.54 Å². The van der Waals surface area contributed by atoms with Gasteiger partial charge < -0.3 is 5.32 Å². The summed E-state index contributed by atoms with van der Waals surface area (Å²) < 4.78 is 0. The molecule has 24 heavy (non-hydrogen) atoms. The molecule has 2 heterocycles. The highest BCUT2D eigenvalue weighted by molar-refractivity contribution is 5.96. The molecule has 1 amide bonds. The molecule has 0 saturated heterocycles. The molecule has 3 aromatic rings. The second-order valence-corrected chi connectivity index (χ2v) is 6.41. The third-order valence-electron chi connectivity index (χ3n) is 4.90. The molecule has 1 aromatic carbocycles. The second kappa shape index (κ2) is 6.07. The van der Waals surface area contributed by atoms with Crippen LogP contribution in [-0.4, -0.2) is 27.6 Å². The van der Waals surface area contributed by atoms with Crippen LogP contribution in [0, 0.1) is 6.92 Å². The second-order valence-electron chi connectivity index (χ2n) is 6.41. The van der Waals surface area contributed by atoms with E-state index in [0.29, 0.717) is 18.2 Å². The molecule has 0 fully saturated rings. The van der Waals surface area contributed by atoms with Gasteiger partial charge in [-0.15, -0.1) is 0 Å². The first kappa shape index (κ1) is 14.9. The van der Waals surface area contributed by atoms with Gasteiger partial charge in [-0.2, -0.15) is 5.10 Å². The van der Waals surface area contributed by atoms with Crippen molar-refractivity contribution in [1.82, 2.24) is 20.5 Å². The smallest absolute Gasteiger partial charge is 0.269 e. The third kappa shape index (κ3) is 2.66. The van der Waals surface area contributed by atoms with Crippen molar-refractivity contribution in [2.24, 2.45) is 0 Å². The first-order chi connectivity index (χ1) is 11.7. The molecular formula is C19H20N4O. The lowest BCUT2D eigenvalue weighted by Crippen LogP contribution is -2.26. The Morgan fingerprint density at radius 1 is 1.38 bits per heavy atom. The zero-order valence-corrected chi connectivity index (χ0v) is 13.7. The number of amides is 1. The van der Waals surface area contributed by atoms with E-state index >= 15 is 0 Å². The minimum Gasteiger partial charge on any atom is -0.351 e. The third-order valence-corrected chi connectivity index (χ3v) is 4.90. The van der Waals surface area contributed by atoms with Crippen molar-refractivity contribution in [1.29, 1.82) is 0 Å². The molecule has 1 aliphatic rings. The molecule has 122 valence electrons. The predicted molar refractivity (Wildman–Crippen MR) is 93.1 cm³/mol. The molecule has 1 unspecified atom stereocenters. The van der Waals surface area contributed by atoms with E-state index in [0.717, 1.165) is 29.4 Å². The Hall–Kier alpha value is -2.69. The molecule has 2 N–H and O–H groups in total. The van der Waals surface area contributed by atoms with Crippen molar-refractivity contribution < 1.29 is 4.79 Å². The Balaban J connectivity index is 1.39. The summed E-state index contributed by atoms with van der Waals surface area (Å²) >= 11 is 0. The van der Waals surface area contributed by atoms with E-state index in [9.17, 15) is 4.79 Å². The first-order valence-corrected chi connectivity index (χ1v) is 8.39. The standard InChI is InChI=1S/C19H20N4O/c1-12-16-10-17(21-11-18(16)23-22-12)19(24)20-9-8-14-7-6-13-4-2-3-5-15(13)14/h2-5,10-11,14H,6-9H2,1H3,(H,20,24)(H,22,23). The fourth-order valence-electron chi connectivity index (χ4n) is 3.56. The molecule has 0 spiro atoms. The van der Waals surface area contributed by atoms with Crippen molar-refractivity contribution in [2.45, 2.75) is 32.1 Å².